The molecule has 2 aromatic carbocycles. The van der Waals surface area contributed by atoms with Crippen molar-refractivity contribution in [2.75, 3.05) is 13.1 Å². The summed E-state index contributed by atoms with van der Waals surface area (Å²) in [5.74, 6) is -0.390. The molecule has 2 aliphatic rings. The van der Waals surface area contributed by atoms with Crippen LogP contribution in [0.3, 0.4) is 0 Å². The summed E-state index contributed by atoms with van der Waals surface area (Å²) in [7, 11) is 0. The Kier molecular flexibility index (Phi) is 4.21. The highest BCUT2D eigenvalue weighted by atomic mass is 79.9. The summed E-state index contributed by atoms with van der Waals surface area (Å²) in [4.78, 5) is 31.5. The van der Waals surface area contributed by atoms with Gasteiger partial charge in [-0.05, 0) is 43.2 Å². The van der Waals surface area contributed by atoms with Crippen LogP contribution < -0.4 is 0 Å². The Morgan fingerprint density at radius 2 is 2.03 bits per heavy atom. The predicted molar refractivity (Wildman–Crippen MR) is 116 cm³/mol. The smallest absolute Gasteiger partial charge is 0.275 e. The van der Waals surface area contributed by atoms with Gasteiger partial charge in [0.05, 0.1) is 11.9 Å². The van der Waals surface area contributed by atoms with Gasteiger partial charge >= 0.3 is 0 Å². The van der Waals surface area contributed by atoms with Crippen LogP contribution in [-0.4, -0.2) is 51.1 Å². The second kappa shape index (κ2) is 6.70. The lowest BCUT2D eigenvalue weighted by molar-refractivity contribution is -0.165. The van der Waals surface area contributed by atoms with Gasteiger partial charge in [0, 0.05) is 27.5 Å². The molecule has 1 atom stereocenters. The van der Waals surface area contributed by atoms with Gasteiger partial charge in [0.25, 0.3) is 5.91 Å². The normalized spacial score (nSPS) is 21.4. The van der Waals surface area contributed by atoms with Crippen LogP contribution in [0.4, 0.5) is 0 Å². The number of carbonyl (C=O) groups excluding carboxylic acids is 2. The quantitative estimate of drug-likeness (QED) is 0.568. The molecule has 1 aromatic heterocycles. The molecule has 8 heteroatoms. The Labute approximate surface area is 181 Å². The number of halogens is 1. The molecule has 0 saturated carbocycles. The second-order valence-electron chi connectivity index (χ2n) is 7.70. The fraction of sp³-hybridized carbons (Fsp3) is 0.227. The third-order valence-electron chi connectivity index (χ3n) is 5.99. The van der Waals surface area contributed by atoms with E-state index in [1.807, 2.05) is 24.3 Å². The maximum Gasteiger partial charge on any atom is 0.275 e. The van der Waals surface area contributed by atoms with E-state index in [0.29, 0.717) is 18.5 Å². The number of nitrogens with one attached hydrogen (secondary N) is 1. The Balaban J connectivity index is 1.57. The number of carbonyl (C=O) groups is 2. The molecule has 30 heavy (non-hydrogen) atoms. The number of H-pyrrole nitrogens is 1. The van der Waals surface area contributed by atoms with E-state index in [1.54, 1.807) is 24.0 Å². The average Bonchev–Trinajstić information content (AvgIpc) is 3.12. The van der Waals surface area contributed by atoms with Crippen molar-refractivity contribution >= 4 is 44.9 Å². The number of hydrazone groups is 1. The summed E-state index contributed by atoms with van der Waals surface area (Å²) in [6.07, 6.45) is 2.10. The maximum atomic E-state index is 13.6. The first kappa shape index (κ1) is 18.9. The number of benzene rings is 2. The summed E-state index contributed by atoms with van der Waals surface area (Å²) < 4.78 is 0.774. The molecule has 152 valence electrons. The number of hydrogen-bond donors (Lipinski definition) is 2. The first-order valence-corrected chi connectivity index (χ1v) is 10.4. The van der Waals surface area contributed by atoms with Crippen molar-refractivity contribution in [3.05, 3.63) is 63.8 Å². The minimum atomic E-state index is -1.15. The second-order valence-corrected chi connectivity index (χ2v) is 8.62. The first-order chi connectivity index (χ1) is 14.4. The minimum absolute atomic E-state index is 0.0427. The lowest BCUT2D eigenvalue weighted by Gasteiger charge is -2.48. The van der Waals surface area contributed by atoms with E-state index in [1.165, 1.54) is 17.3 Å². The number of amides is 2. The van der Waals surface area contributed by atoms with Crippen LogP contribution in [0.15, 0.2) is 52.0 Å². The molecule has 0 radical (unpaired) electrons. The number of hydrogen-bond acceptors (Lipinski definition) is 4. The lowest BCUT2D eigenvalue weighted by atomic mass is 9.83. The Morgan fingerprint density at radius 3 is 2.87 bits per heavy atom. The van der Waals surface area contributed by atoms with E-state index in [4.69, 9.17) is 0 Å². The number of aromatic hydroxyl groups is 1. The number of aromatic amines is 1. The van der Waals surface area contributed by atoms with Crippen LogP contribution in [-0.2, 0) is 21.5 Å². The number of phenols is 1. The maximum absolute atomic E-state index is 13.6. The summed E-state index contributed by atoms with van der Waals surface area (Å²) in [6, 6.07) is 12.9. The number of nitrogens with zero attached hydrogens (tertiary/aromatic N) is 3. The van der Waals surface area contributed by atoms with Gasteiger partial charge in [0.15, 0.2) is 5.54 Å². The zero-order valence-corrected chi connectivity index (χ0v) is 17.8. The van der Waals surface area contributed by atoms with Crippen molar-refractivity contribution in [3.8, 4) is 5.75 Å². The summed E-state index contributed by atoms with van der Waals surface area (Å²) in [5, 5.41) is 16.6. The predicted octanol–water partition coefficient (Wildman–Crippen LogP) is 3.11. The molecule has 0 bridgehead atoms. The van der Waals surface area contributed by atoms with Gasteiger partial charge in [-0.25, -0.2) is 5.01 Å². The number of aromatic nitrogens is 1. The van der Waals surface area contributed by atoms with Gasteiger partial charge in [-0.1, -0.05) is 34.1 Å². The van der Waals surface area contributed by atoms with Crippen molar-refractivity contribution in [3.63, 3.8) is 0 Å². The topological polar surface area (TPSA) is 89.0 Å². The largest absolute Gasteiger partial charge is 0.507 e. The Hall–Kier alpha value is -3.13. The van der Waals surface area contributed by atoms with Gasteiger partial charge < -0.3 is 15.0 Å². The minimum Gasteiger partial charge on any atom is -0.507 e. The van der Waals surface area contributed by atoms with E-state index in [0.717, 1.165) is 26.6 Å². The molecule has 3 heterocycles. The van der Waals surface area contributed by atoms with Crippen molar-refractivity contribution < 1.29 is 14.7 Å². The molecule has 7 nitrogen and oxygen atoms in total. The zero-order chi connectivity index (χ0) is 21.0. The highest BCUT2D eigenvalue weighted by molar-refractivity contribution is 9.10. The molecule has 2 amide bonds. The standard InChI is InChI=1S/C22H19BrN4O3/c1-22-20-16(15-4-2-3-5-17(15)25-20)8-9-26(22)19(29)12-27(21(22)30)24-11-13-10-14(23)6-7-18(13)28/h2-7,10-11,25,28H,8-9,12H2,1H3/b24-11+. The van der Waals surface area contributed by atoms with Gasteiger partial charge in [-0.2, -0.15) is 5.10 Å². The van der Waals surface area contributed by atoms with Crippen LogP contribution in [0.25, 0.3) is 10.9 Å². The molecule has 5 rings (SSSR count). The van der Waals surface area contributed by atoms with Crippen LogP contribution in [0, 0.1) is 0 Å². The Morgan fingerprint density at radius 1 is 1.23 bits per heavy atom. The summed E-state index contributed by atoms with van der Waals surface area (Å²) in [5.41, 5.74) is 2.07. The molecule has 0 spiro atoms. The van der Waals surface area contributed by atoms with E-state index < -0.39 is 5.54 Å². The van der Waals surface area contributed by atoms with Gasteiger partial charge in [-0.15, -0.1) is 0 Å². The molecule has 2 N–H and O–H groups in total. The highest BCUT2D eigenvalue weighted by Gasteiger charge is 2.54. The van der Waals surface area contributed by atoms with E-state index in [9.17, 15) is 14.7 Å². The van der Waals surface area contributed by atoms with Crippen LogP contribution in [0.1, 0.15) is 23.7 Å². The first-order valence-electron chi connectivity index (χ1n) is 9.64. The zero-order valence-electron chi connectivity index (χ0n) is 16.2. The molecule has 2 aliphatic heterocycles. The van der Waals surface area contributed by atoms with E-state index in [2.05, 4.69) is 26.0 Å². The SMILES string of the molecule is CC12C(=O)N(/N=C/c3cc(Br)ccc3O)CC(=O)N1CCc1c2[nH]c2ccccc12. The number of fused-ring (bicyclic) bond motifs is 5. The van der Waals surface area contributed by atoms with Crippen LogP contribution >= 0.6 is 15.9 Å². The molecule has 3 aromatic rings. The number of piperazine rings is 1. The van der Waals surface area contributed by atoms with Crippen molar-refractivity contribution in [1.29, 1.82) is 0 Å². The number of rotatable bonds is 2. The molecular weight excluding hydrogens is 448 g/mol. The van der Waals surface area contributed by atoms with Crippen LogP contribution in [0.5, 0.6) is 5.75 Å². The van der Waals surface area contributed by atoms with Crippen molar-refractivity contribution in [1.82, 2.24) is 14.9 Å². The van der Waals surface area contributed by atoms with Crippen LogP contribution in [0.2, 0.25) is 0 Å². The van der Waals surface area contributed by atoms with E-state index >= 15 is 0 Å². The Bertz CT molecular complexity index is 1230. The van der Waals surface area contributed by atoms with Gasteiger partial charge in [0.2, 0.25) is 5.91 Å². The fourth-order valence-corrected chi connectivity index (χ4v) is 4.82. The van der Waals surface area contributed by atoms with Crippen molar-refractivity contribution in [2.24, 2.45) is 5.10 Å². The number of phenolic OH excluding ortho intramolecular Hbond substituents is 1. The molecule has 0 aliphatic carbocycles. The molecule has 1 fully saturated rings. The number of para-hydroxylation sites is 1. The van der Waals surface area contributed by atoms with E-state index in [-0.39, 0.29) is 24.1 Å². The molecular formula is C22H19BrN4O3. The summed E-state index contributed by atoms with van der Waals surface area (Å²) in [6.45, 7) is 2.13. The van der Waals surface area contributed by atoms with Gasteiger partial charge in [0.1, 0.15) is 12.3 Å². The van der Waals surface area contributed by atoms with Gasteiger partial charge in [-0.3, -0.25) is 9.59 Å². The highest BCUT2D eigenvalue weighted by Crippen LogP contribution is 2.41. The summed E-state index contributed by atoms with van der Waals surface area (Å²) >= 11 is 3.35. The molecule has 1 unspecified atom stereocenters. The molecule has 1 saturated heterocycles. The third kappa shape index (κ3) is 2.67. The fourth-order valence-electron chi connectivity index (χ4n) is 4.44. The average molecular weight is 467 g/mol. The monoisotopic (exact) mass is 466 g/mol. The lowest BCUT2D eigenvalue weighted by Crippen LogP contribution is -2.65. The third-order valence-corrected chi connectivity index (χ3v) is 6.48. The van der Waals surface area contributed by atoms with Crippen molar-refractivity contribution in [2.45, 2.75) is 18.9 Å².